The first kappa shape index (κ1) is 21.6. The molecule has 0 spiro atoms. The molecule has 7 nitrogen and oxygen atoms in total. The number of methoxy groups -OCH3 is 1. The summed E-state index contributed by atoms with van der Waals surface area (Å²) in [4.78, 5) is 12.1. The van der Waals surface area contributed by atoms with E-state index in [2.05, 4.69) is 48.9 Å². The third kappa shape index (κ3) is 4.65. The van der Waals surface area contributed by atoms with Crippen LogP contribution < -0.4 is 15.0 Å². The predicted octanol–water partition coefficient (Wildman–Crippen LogP) is 1.60. The average Bonchev–Trinajstić information content (AvgIpc) is 3.31. The first-order valence-electron chi connectivity index (χ1n) is 11.0. The molecule has 8 heteroatoms. The maximum Gasteiger partial charge on any atom is 0.193 e. The number of thioether (sulfide) groups is 1. The molecule has 0 saturated carbocycles. The van der Waals surface area contributed by atoms with Crippen molar-refractivity contribution in [2.24, 2.45) is 4.99 Å². The van der Waals surface area contributed by atoms with E-state index in [0.717, 1.165) is 70.7 Å². The van der Waals surface area contributed by atoms with Crippen LogP contribution in [0, 0.1) is 0 Å². The van der Waals surface area contributed by atoms with Gasteiger partial charge in [-0.25, -0.2) is 0 Å². The van der Waals surface area contributed by atoms with Crippen LogP contribution in [0.2, 0.25) is 0 Å². The zero-order valence-electron chi connectivity index (χ0n) is 18.3. The lowest BCUT2D eigenvalue weighted by Gasteiger charge is -2.44. The highest BCUT2D eigenvalue weighted by atomic mass is 32.2. The average molecular weight is 434 g/mol. The van der Waals surface area contributed by atoms with E-state index in [-0.39, 0.29) is 5.54 Å². The van der Waals surface area contributed by atoms with E-state index in [9.17, 15) is 0 Å². The SMILES string of the molecule is CN=C(NCC1(N2CCOCC2)CCSC1)N1CCN(c2ccccc2OC)CC1. The first-order chi connectivity index (χ1) is 14.8. The van der Waals surface area contributed by atoms with Crippen molar-refractivity contribution in [3.63, 3.8) is 0 Å². The fraction of sp³-hybridized carbons (Fsp3) is 0.682. The van der Waals surface area contributed by atoms with Crippen molar-refractivity contribution in [1.29, 1.82) is 0 Å². The second kappa shape index (κ2) is 10.1. The van der Waals surface area contributed by atoms with Gasteiger partial charge in [-0.1, -0.05) is 12.1 Å². The molecule has 0 bridgehead atoms. The summed E-state index contributed by atoms with van der Waals surface area (Å²) in [5.74, 6) is 4.41. The molecule has 3 aliphatic rings. The van der Waals surface area contributed by atoms with Crippen LogP contribution >= 0.6 is 11.8 Å². The molecule has 1 aromatic carbocycles. The second-order valence-electron chi connectivity index (χ2n) is 8.17. The number of para-hydroxylation sites is 2. The summed E-state index contributed by atoms with van der Waals surface area (Å²) >= 11 is 2.08. The molecule has 0 aliphatic carbocycles. The number of nitrogens with zero attached hydrogens (tertiary/aromatic N) is 4. The molecular formula is C22H35N5O2S. The third-order valence-corrected chi connectivity index (χ3v) is 7.79. The molecule has 3 aliphatic heterocycles. The fourth-order valence-electron chi connectivity index (χ4n) is 4.76. The number of benzene rings is 1. The van der Waals surface area contributed by atoms with Crippen molar-refractivity contribution >= 4 is 23.4 Å². The van der Waals surface area contributed by atoms with Crippen LogP contribution in [-0.4, -0.2) is 106 Å². The van der Waals surface area contributed by atoms with E-state index in [1.54, 1.807) is 7.11 Å². The minimum atomic E-state index is 0.226. The van der Waals surface area contributed by atoms with Gasteiger partial charge in [0.05, 0.1) is 26.0 Å². The number of rotatable bonds is 5. The molecule has 3 saturated heterocycles. The van der Waals surface area contributed by atoms with Gasteiger partial charge in [-0.05, 0) is 24.3 Å². The summed E-state index contributed by atoms with van der Waals surface area (Å²) in [7, 11) is 3.65. The Balaban J connectivity index is 1.35. The lowest BCUT2D eigenvalue weighted by Crippen LogP contribution is -2.61. The molecule has 0 aromatic heterocycles. The number of anilines is 1. The molecule has 1 aromatic rings. The first-order valence-corrected chi connectivity index (χ1v) is 12.2. The van der Waals surface area contributed by atoms with Crippen LogP contribution in [0.3, 0.4) is 0 Å². The molecule has 3 heterocycles. The molecule has 1 atom stereocenters. The van der Waals surface area contributed by atoms with Crippen LogP contribution in [0.1, 0.15) is 6.42 Å². The topological polar surface area (TPSA) is 52.6 Å². The van der Waals surface area contributed by atoms with Crippen LogP contribution in [0.15, 0.2) is 29.3 Å². The Bertz CT molecular complexity index is 711. The van der Waals surface area contributed by atoms with Crippen LogP contribution in [-0.2, 0) is 4.74 Å². The number of ether oxygens (including phenoxy) is 2. The van der Waals surface area contributed by atoms with E-state index in [1.165, 1.54) is 23.6 Å². The van der Waals surface area contributed by atoms with E-state index < -0.39 is 0 Å². The number of guanidine groups is 1. The van der Waals surface area contributed by atoms with E-state index in [4.69, 9.17) is 9.47 Å². The predicted molar refractivity (Wildman–Crippen MR) is 125 cm³/mol. The zero-order chi connectivity index (χ0) is 20.8. The molecule has 1 N–H and O–H groups in total. The smallest absolute Gasteiger partial charge is 0.193 e. The molecule has 166 valence electrons. The summed E-state index contributed by atoms with van der Waals surface area (Å²) in [6.07, 6.45) is 1.24. The Hall–Kier alpha value is -1.64. The number of morpholine rings is 1. The molecule has 0 amide bonds. The Kier molecular flexibility index (Phi) is 7.28. The monoisotopic (exact) mass is 433 g/mol. The van der Waals surface area contributed by atoms with E-state index in [0.29, 0.717) is 0 Å². The van der Waals surface area contributed by atoms with Gasteiger partial charge < -0.3 is 24.6 Å². The fourth-order valence-corrected chi connectivity index (χ4v) is 6.24. The van der Waals surface area contributed by atoms with Gasteiger partial charge in [0.15, 0.2) is 5.96 Å². The number of piperazine rings is 1. The van der Waals surface area contributed by atoms with Gasteiger partial charge in [0.2, 0.25) is 0 Å². The van der Waals surface area contributed by atoms with Crippen LogP contribution in [0.25, 0.3) is 0 Å². The van der Waals surface area contributed by atoms with E-state index >= 15 is 0 Å². The third-order valence-electron chi connectivity index (χ3n) is 6.56. The quantitative estimate of drug-likeness (QED) is 0.559. The highest BCUT2D eigenvalue weighted by Crippen LogP contribution is 2.34. The maximum absolute atomic E-state index is 5.59. The highest BCUT2D eigenvalue weighted by molar-refractivity contribution is 7.99. The van der Waals surface area contributed by atoms with Gasteiger partial charge in [-0.3, -0.25) is 9.89 Å². The number of hydrogen-bond donors (Lipinski definition) is 1. The van der Waals surface area contributed by atoms with Crippen molar-refractivity contribution in [2.75, 3.05) is 89.6 Å². The maximum atomic E-state index is 5.59. The van der Waals surface area contributed by atoms with Gasteiger partial charge >= 0.3 is 0 Å². The van der Waals surface area contributed by atoms with Crippen molar-refractivity contribution < 1.29 is 9.47 Å². The lowest BCUT2D eigenvalue weighted by molar-refractivity contribution is -0.0121. The standard InChI is InChI=1S/C22H35N5O2S/c1-23-21(24-17-22(7-16-30-18-22)27-12-14-29-15-13-27)26-10-8-25(9-11-26)19-5-3-4-6-20(19)28-2/h3-6H,7-18H2,1-2H3,(H,23,24). The highest BCUT2D eigenvalue weighted by Gasteiger charge is 2.41. The molecule has 1 unspecified atom stereocenters. The van der Waals surface area contributed by atoms with Crippen molar-refractivity contribution in [1.82, 2.24) is 15.1 Å². The van der Waals surface area contributed by atoms with Gasteiger partial charge in [-0.15, -0.1) is 0 Å². The Morgan fingerprint density at radius 3 is 2.60 bits per heavy atom. The Morgan fingerprint density at radius 1 is 1.17 bits per heavy atom. The number of aliphatic imine (C=N–C) groups is 1. The van der Waals surface area contributed by atoms with Gasteiger partial charge in [0.1, 0.15) is 5.75 Å². The Labute approximate surface area is 184 Å². The lowest BCUT2D eigenvalue weighted by atomic mass is 9.95. The summed E-state index contributed by atoms with van der Waals surface area (Å²) in [5, 5.41) is 3.73. The number of hydrogen-bond acceptors (Lipinski definition) is 6. The summed E-state index contributed by atoms with van der Waals surface area (Å²) in [6, 6.07) is 8.28. The van der Waals surface area contributed by atoms with Gasteiger partial charge in [0, 0.05) is 64.2 Å². The van der Waals surface area contributed by atoms with Gasteiger partial charge in [0.25, 0.3) is 0 Å². The molecule has 4 rings (SSSR count). The van der Waals surface area contributed by atoms with Crippen LogP contribution in [0.4, 0.5) is 5.69 Å². The summed E-state index contributed by atoms with van der Waals surface area (Å²) in [5.41, 5.74) is 1.40. The van der Waals surface area contributed by atoms with Crippen LogP contribution in [0.5, 0.6) is 5.75 Å². The molecule has 30 heavy (non-hydrogen) atoms. The minimum absolute atomic E-state index is 0.226. The normalized spacial score (nSPS) is 26.1. The zero-order valence-corrected chi connectivity index (χ0v) is 19.1. The van der Waals surface area contributed by atoms with E-state index in [1.807, 2.05) is 19.2 Å². The molecule has 3 fully saturated rings. The largest absolute Gasteiger partial charge is 0.495 e. The second-order valence-corrected chi connectivity index (χ2v) is 9.28. The van der Waals surface area contributed by atoms with Crippen molar-refractivity contribution in [3.8, 4) is 5.75 Å². The molecule has 0 radical (unpaired) electrons. The van der Waals surface area contributed by atoms with Crippen molar-refractivity contribution in [3.05, 3.63) is 24.3 Å². The summed E-state index contributed by atoms with van der Waals surface area (Å²) in [6.45, 7) is 8.58. The Morgan fingerprint density at radius 2 is 1.93 bits per heavy atom. The number of nitrogens with one attached hydrogen (secondary N) is 1. The van der Waals surface area contributed by atoms with Gasteiger partial charge in [-0.2, -0.15) is 11.8 Å². The minimum Gasteiger partial charge on any atom is -0.495 e. The van der Waals surface area contributed by atoms with Crippen molar-refractivity contribution in [2.45, 2.75) is 12.0 Å². The molecular weight excluding hydrogens is 398 g/mol. The summed E-state index contributed by atoms with van der Waals surface area (Å²) < 4.78 is 11.1.